The van der Waals surface area contributed by atoms with E-state index >= 15 is 0 Å². The zero-order valence-corrected chi connectivity index (χ0v) is 16.1. The van der Waals surface area contributed by atoms with E-state index in [4.69, 9.17) is 32.7 Å². The number of rotatable bonds is 4. The van der Waals surface area contributed by atoms with Crippen molar-refractivity contribution in [2.45, 2.75) is 6.92 Å². The number of halogens is 2. The molecule has 0 saturated carbocycles. The normalized spacial score (nSPS) is 10.8. The summed E-state index contributed by atoms with van der Waals surface area (Å²) in [6, 6.07) is 9.06. The van der Waals surface area contributed by atoms with Gasteiger partial charge in [-0.15, -0.1) is 11.3 Å². The zero-order chi connectivity index (χ0) is 18.1. The summed E-state index contributed by atoms with van der Waals surface area (Å²) in [6.07, 6.45) is 0. The molecule has 1 N–H and O–H groups in total. The molecule has 4 nitrogen and oxygen atoms in total. The number of ether oxygens (including phenoxy) is 2. The molecule has 0 saturated heterocycles. The van der Waals surface area contributed by atoms with Gasteiger partial charge >= 0.3 is 0 Å². The van der Waals surface area contributed by atoms with E-state index in [1.165, 1.54) is 25.6 Å². The summed E-state index contributed by atoms with van der Waals surface area (Å²) in [5, 5.41) is 4.58. The number of hydrogen-bond donors (Lipinski definition) is 1. The van der Waals surface area contributed by atoms with Gasteiger partial charge in [0.25, 0.3) is 5.91 Å². The molecule has 3 aromatic rings. The molecule has 0 radical (unpaired) electrons. The van der Waals surface area contributed by atoms with Gasteiger partial charge in [-0.2, -0.15) is 0 Å². The maximum Gasteiger partial charge on any atom is 0.267 e. The SMILES string of the molecule is COc1cc(NC(=O)c2sc3cccc(C)c3c2Cl)c(OC)cc1Cl. The molecular weight excluding hydrogens is 381 g/mol. The molecule has 0 aliphatic carbocycles. The molecule has 0 aliphatic heterocycles. The van der Waals surface area contributed by atoms with Gasteiger partial charge in [0.15, 0.2) is 0 Å². The fourth-order valence-electron chi connectivity index (χ4n) is 2.56. The first kappa shape index (κ1) is 17.9. The molecule has 0 fully saturated rings. The van der Waals surface area contributed by atoms with Crippen molar-refractivity contribution in [1.82, 2.24) is 0 Å². The van der Waals surface area contributed by atoms with Crippen LogP contribution in [-0.2, 0) is 0 Å². The summed E-state index contributed by atoms with van der Waals surface area (Å²) < 4.78 is 11.5. The third-order valence-electron chi connectivity index (χ3n) is 3.79. The van der Waals surface area contributed by atoms with Crippen molar-refractivity contribution >= 4 is 56.2 Å². The second-order valence-corrected chi connectivity index (χ2v) is 7.17. The van der Waals surface area contributed by atoms with E-state index in [0.29, 0.717) is 32.1 Å². The number of fused-ring (bicyclic) bond motifs is 1. The number of benzene rings is 2. The lowest BCUT2D eigenvalue weighted by Gasteiger charge is -2.12. The molecule has 0 spiro atoms. The fourth-order valence-corrected chi connectivity index (χ4v) is 4.36. The minimum atomic E-state index is -0.312. The molecule has 1 amide bonds. The van der Waals surface area contributed by atoms with Crippen molar-refractivity contribution < 1.29 is 14.3 Å². The lowest BCUT2D eigenvalue weighted by molar-refractivity contribution is 0.103. The topological polar surface area (TPSA) is 47.6 Å². The third kappa shape index (κ3) is 3.27. The van der Waals surface area contributed by atoms with Gasteiger partial charge in [0, 0.05) is 22.2 Å². The zero-order valence-electron chi connectivity index (χ0n) is 13.8. The van der Waals surface area contributed by atoms with E-state index in [2.05, 4.69) is 5.32 Å². The number of hydrogen-bond acceptors (Lipinski definition) is 4. The molecule has 1 heterocycles. The second-order valence-electron chi connectivity index (χ2n) is 5.33. The Bertz CT molecular complexity index is 969. The summed E-state index contributed by atoms with van der Waals surface area (Å²) in [4.78, 5) is 13.2. The average Bonchev–Trinajstić information content (AvgIpc) is 2.94. The van der Waals surface area contributed by atoms with Crippen LogP contribution in [0.15, 0.2) is 30.3 Å². The Labute approximate surface area is 159 Å². The number of thiophene rings is 1. The highest BCUT2D eigenvalue weighted by atomic mass is 35.5. The Morgan fingerprint density at radius 3 is 2.48 bits per heavy atom. The molecule has 3 rings (SSSR count). The number of nitrogens with one attached hydrogen (secondary N) is 1. The van der Waals surface area contributed by atoms with Gasteiger partial charge in [-0.1, -0.05) is 35.3 Å². The van der Waals surface area contributed by atoms with Crippen LogP contribution in [-0.4, -0.2) is 20.1 Å². The number of carbonyl (C=O) groups is 1. The Kier molecular flexibility index (Phi) is 5.08. The standard InChI is InChI=1S/C18H15Cl2NO3S/c1-9-5-4-6-14-15(9)16(20)17(25-14)18(22)21-11-8-12(23-2)10(19)7-13(11)24-3/h4-8H,1-3H3,(H,21,22). The first-order valence-corrected chi connectivity index (χ1v) is 8.94. The molecule has 2 aromatic carbocycles. The van der Waals surface area contributed by atoms with Crippen LogP contribution in [0.4, 0.5) is 5.69 Å². The van der Waals surface area contributed by atoms with E-state index in [1.54, 1.807) is 12.1 Å². The van der Waals surface area contributed by atoms with Gasteiger partial charge in [-0.25, -0.2) is 0 Å². The van der Waals surface area contributed by atoms with E-state index in [9.17, 15) is 4.79 Å². The summed E-state index contributed by atoms with van der Waals surface area (Å²) in [7, 11) is 3.01. The van der Waals surface area contributed by atoms with Gasteiger partial charge in [0.05, 0.1) is 30.0 Å². The quantitative estimate of drug-likeness (QED) is 0.608. The number of aryl methyl sites for hydroxylation is 1. The minimum absolute atomic E-state index is 0.312. The minimum Gasteiger partial charge on any atom is -0.495 e. The van der Waals surface area contributed by atoms with Crippen molar-refractivity contribution in [2.24, 2.45) is 0 Å². The second kappa shape index (κ2) is 7.12. The highest BCUT2D eigenvalue weighted by molar-refractivity contribution is 7.21. The number of amides is 1. The number of anilines is 1. The maximum atomic E-state index is 12.8. The summed E-state index contributed by atoms with van der Waals surface area (Å²) in [5.41, 5.74) is 1.49. The van der Waals surface area contributed by atoms with Crippen LogP contribution in [0.5, 0.6) is 11.5 Å². The van der Waals surface area contributed by atoms with Gasteiger partial charge < -0.3 is 14.8 Å². The van der Waals surface area contributed by atoms with Crippen molar-refractivity contribution in [3.05, 3.63) is 50.8 Å². The molecule has 7 heteroatoms. The lowest BCUT2D eigenvalue weighted by atomic mass is 10.1. The smallest absolute Gasteiger partial charge is 0.267 e. The van der Waals surface area contributed by atoms with E-state index in [0.717, 1.165) is 15.6 Å². The molecule has 0 bridgehead atoms. The molecule has 1 aromatic heterocycles. The Morgan fingerprint density at radius 2 is 1.84 bits per heavy atom. The van der Waals surface area contributed by atoms with Crippen LogP contribution in [0.3, 0.4) is 0 Å². The highest BCUT2D eigenvalue weighted by Gasteiger charge is 2.20. The van der Waals surface area contributed by atoms with Gasteiger partial charge in [-0.05, 0) is 18.6 Å². The maximum absolute atomic E-state index is 12.8. The van der Waals surface area contributed by atoms with Crippen molar-refractivity contribution in [2.75, 3.05) is 19.5 Å². The van der Waals surface area contributed by atoms with E-state index in [-0.39, 0.29) is 5.91 Å². The lowest BCUT2D eigenvalue weighted by Crippen LogP contribution is -2.11. The van der Waals surface area contributed by atoms with Crippen LogP contribution in [0, 0.1) is 6.92 Å². The molecule has 130 valence electrons. The summed E-state index contributed by atoms with van der Waals surface area (Å²) in [6.45, 7) is 1.97. The first-order chi connectivity index (χ1) is 12.0. The van der Waals surface area contributed by atoms with Gasteiger partial charge in [-0.3, -0.25) is 4.79 Å². The molecular formula is C18H15Cl2NO3S. The van der Waals surface area contributed by atoms with Crippen LogP contribution >= 0.6 is 34.5 Å². The predicted octanol–water partition coefficient (Wildman–Crippen LogP) is 5.79. The average molecular weight is 396 g/mol. The Morgan fingerprint density at radius 1 is 1.12 bits per heavy atom. The highest BCUT2D eigenvalue weighted by Crippen LogP contribution is 2.39. The largest absolute Gasteiger partial charge is 0.495 e. The van der Waals surface area contributed by atoms with Crippen LogP contribution in [0.1, 0.15) is 15.2 Å². The van der Waals surface area contributed by atoms with Crippen LogP contribution in [0.2, 0.25) is 10.0 Å². The first-order valence-electron chi connectivity index (χ1n) is 7.36. The molecule has 0 atom stereocenters. The molecule has 0 aliphatic rings. The Hall–Kier alpha value is -1.95. The van der Waals surface area contributed by atoms with Gasteiger partial charge in [0.1, 0.15) is 16.4 Å². The monoisotopic (exact) mass is 395 g/mol. The van der Waals surface area contributed by atoms with Crippen molar-refractivity contribution in [3.63, 3.8) is 0 Å². The van der Waals surface area contributed by atoms with E-state index < -0.39 is 0 Å². The number of carbonyl (C=O) groups excluding carboxylic acids is 1. The summed E-state index contributed by atoms with van der Waals surface area (Å²) >= 11 is 13.9. The van der Waals surface area contributed by atoms with E-state index in [1.807, 2.05) is 25.1 Å². The van der Waals surface area contributed by atoms with Crippen molar-refractivity contribution in [1.29, 1.82) is 0 Å². The van der Waals surface area contributed by atoms with Crippen molar-refractivity contribution in [3.8, 4) is 11.5 Å². The fraction of sp³-hybridized carbons (Fsp3) is 0.167. The van der Waals surface area contributed by atoms with Crippen LogP contribution < -0.4 is 14.8 Å². The molecule has 25 heavy (non-hydrogen) atoms. The number of methoxy groups -OCH3 is 2. The van der Waals surface area contributed by atoms with Gasteiger partial charge in [0.2, 0.25) is 0 Å². The third-order valence-corrected chi connectivity index (χ3v) is 5.73. The predicted molar refractivity (Wildman–Crippen MR) is 104 cm³/mol. The molecule has 0 unspecified atom stereocenters. The Balaban J connectivity index is 2.01. The van der Waals surface area contributed by atoms with Crippen LogP contribution in [0.25, 0.3) is 10.1 Å². The summed E-state index contributed by atoms with van der Waals surface area (Å²) in [5.74, 6) is 0.567.